The van der Waals surface area contributed by atoms with E-state index in [0.29, 0.717) is 10.6 Å². The molecule has 1 N–H and O–H groups in total. The summed E-state index contributed by atoms with van der Waals surface area (Å²) < 4.78 is 4.94. The van der Waals surface area contributed by atoms with Crippen LogP contribution in [0.1, 0.15) is 21.5 Å². The molecule has 0 aliphatic rings. The molecule has 2 aromatic rings. The molecule has 0 unspecified atom stereocenters. The van der Waals surface area contributed by atoms with Crippen LogP contribution in [0.2, 0.25) is 5.02 Å². The number of nitriles is 1. The SMILES string of the molecule is Cc1ccc(C(=O)OCC(=O)Nc2cc(Cl)ccc2C#N)cc1. The van der Waals surface area contributed by atoms with Crippen molar-refractivity contribution in [3.05, 3.63) is 64.2 Å². The molecule has 0 aliphatic carbocycles. The van der Waals surface area contributed by atoms with Gasteiger partial charge in [-0.1, -0.05) is 29.3 Å². The van der Waals surface area contributed by atoms with Crippen LogP contribution in [-0.2, 0) is 9.53 Å². The van der Waals surface area contributed by atoms with Gasteiger partial charge in [0.15, 0.2) is 6.61 Å². The predicted molar refractivity (Wildman–Crippen MR) is 86.3 cm³/mol. The first-order chi connectivity index (χ1) is 11.0. The lowest BCUT2D eigenvalue weighted by Crippen LogP contribution is -2.21. The van der Waals surface area contributed by atoms with Gasteiger partial charge >= 0.3 is 5.97 Å². The van der Waals surface area contributed by atoms with Crippen molar-refractivity contribution in [1.82, 2.24) is 0 Å². The van der Waals surface area contributed by atoms with Gasteiger partial charge in [-0.3, -0.25) is 4.79 Å². The van der Waals surface area contributed by atoms with E-state index in [-0.39, 0.29) is 11.3 Å². The molecule has 0 heterocycles. The van der Waals surface area contributed by atoms with Crippen LogP contribution in [0.25, 0.3) is 0 Å². The number of benzene rings is 2. The quantitative estimate of drug-likeness (QED) is 0.873. The highest BCUT2D eigenvalue weighted by Crippen LogP contribution is 2.20. The number of amides is 1. The van der Waals surface area contributed by atoms with E-state index < -0.39 is 18.5 Å². The van der Waals surface area contributed by atoms with Crippen LogP contribution in [0.5, 0.6) is 0 Å². The zero-order chi connectivity index (χ0) is 16.8. The minimum absolute atomic E-state index is 0.271. The lowest BCUT2D eigenvalue weighted by molar-refractivity contribution is -0.119. The average Bonchev–Trinajstić information content (AvgIpc) is 2.53. The van der Waals surface area contributed by atoms with Gasteiger partial charge in [0.1, 0.15) is 6.07 Å². The lowest BCUT2D eigenvalue weighted by Gasteiger charge is -2.08. The monoisotopic (exact) mass is 328 g/mol. The van der Waals surface area contributed by atoms with E-state index in [1.165, 1.54) is 12.1 Å². The third kappa shape index (κ3) is 4.56. The molecule has 0 spiro atoms. The van der Waals surface area contributed by atoms with Gasteiger partial charge in [-0.05, 0) is 37.3 Å². The Labute approximate surface area is 138 Å². The molecule has 0 radical (unpaired) electrons. The van der Waals surface area contributed by atoms with Crippen LogP contribution in [0.4, 0.5) is 5.69 Å². The van der Waals surface area contributed by atoms with Crippen molar-refractivity contribution in [3.63, 3.8) is 0 Å². The van der Waals surface area contributed by atoms with Crippen LogP contribution >= 0.6 is 11.6 Å². The van der Waals surface area contributed by atoms with Crippen molar-refractivity contribution in [3.8, 4) is 6.07 Å². The van der Waals surface area contributed by atoms with Crippen molar-refractivity contribution < 1.29 is 14.3 Å². The summed E-state index contributed by atoms with van der Waals surface area (Å²) in [5.74, 6) is -1.14. The molecule has 116 valence electrons. The average molecular weight is 329 g/mol. The Hall–Kier alpha value is -2.84. The normalized spacial score (nSPS) is 9.78. The fourth-order valence-corrected chi connectivity index (χ4v) is 1.98. The molecule has 2 rings (SSSR count). The number of hydrogen-bond donors (Lipinski definition) is 1. The Kier molecular flexibility index (Phi) is 5.34. The van der Waals surface area contributed by atoms with Gasteiger partial charge < -0.3 is 10.1 Å². The summed E-state index contributed by atoms with van der Waals surface area (Å²) in [4.78, 5) is 23.7. The number of ether oxygens (including phenoxy) is 1. The van der Waals surface area contributed by atoms with Crippen molar-refractivity contribution in [2.75, 3.05) is 11.9 Å². The number of carbonyl (C=O) groups is 2. The minimum Gasteiger partial charge on any atom is -0.452 e. The lowest BCUT2D eigenvalue weighted by atomic mass is 10.1. The Bertz CT molecular complexity index is 779. The second kappa shape index (κ2) is 7.43. The largest absolute Gasteiger partial charge is 0.452 e. The number of anilines is 1. The van der Waals surface area contributed by atoms with Crippen LogP contribution < -0.4 is 5.32 Å². The number of hydrogen-bond acceptors (Lipinski definition) is 4. The van der Waals surface area contributed by atoms with E-state index in [9.17, 15) is 9.59 Å². The van der Waals surface area contributed by atoms with E-state index in [2.05, 4.69) is 5.32 Å². The highest BCUT2D eigenvalue weighted by Gasteiger charge is 2.12. The third-order valence-corrected chi connectivity index (χ3v) is 3.23. The third-order valence-electron chi connectivity index (χ3n) is 3.00. The van der Waals surface area contributed by atoms with E-state index >= 15 is 0 Å². The van der Waals surface area contributed by atoms with Gasteiger partial charge in [0.25, 0.3) is 5.91 Å². The molecule has 2 aromatic carbocycles. The fourth-order valence-electron chi connectivity index (χ4n) is 1.81. The number of aryl methyl sites for hydroxylation is 1. The van der Waals surface area contributed by atoms with E-state index in [1.54, 1.807) is 30.3 Å². The molecule has 0 aromatic heterocycles. The topological polar surface area (TPSA) is 79.2 Å². The summed E-state index contributed by atoms with van der Waals surface area (Å²) in [7, 11) is 0. The van der Waals surface area contributed by atoms with Crippen molar-refractivity contribution >= 4 is 29.2 Å². The van der Waals surface area contributed by atoms with Crippen molar-refractivity contribution in [1.29, 1.82) is 5.26 Å². The fraction of sp³-hybridized carbons (Fsp3) is 0.118. The number of rotatable bonds is 4. The Morgan fingerprint density at radius 1 is 1.22 bits per heavy atom. The first-order valence-corrected chi connectivity index (χ1v) is 7.10. The highest BCUT2D eigenvalue weighted by atomic mass is 35.5. The summed E-state index contributed by atoms with van der Waals surface area (Å²) in [5, 5.41) is 11.9. The zero-order valence-electron chi connectivity index (χ0n) is 12.3. The van der Waals surface area contributed by atoms with Gasteiger partial charge in [-0.25, -0.2) is 4.79 Å². The number of esters is 1. The maximum atomic E-state index is 11.8. The molecule has 0 atom stereocenters. The van der Waals surface area contributed by atoms with Gasteiger partial charge in [0, 0.05) is 5.02 Å². The van der Waals surface area contributed by atoms with Gasteiger partial charge in [0.2, 0.25) is 0 Å². The molecule has 0 bridgehead atoms. The summed E-state index contributed by atoms with van der Waals surface area (Å²) in [6.07, 6.45) is 0. The molecule has 0 fully saturated rings. The van der Waals surface area contributed by atoms with Crippen LogP contribution in [0.3, 0.4) is 0 Å². The number of nitrogens with zero attached hydrogens (tertiary/aromatic N) is 1. The smallest absolute Gasteiger partial charge is 0.338 e. The Balaban J connectivity index is 1.95. The summed E-state index contributed by atoms with van der Waals surface area (Å²) in [5.41, 5.74) is 1.93. The molecule has 23 heavy (non-hydrogen) atoms. The summed E-state index contributed by atoms with van der Waals surface area (Å²) in [6, 6.07) is 13.3. The number of carbonyl (C=O) groups excluding carboxylic acids is 2. The van der Waals surface area contributed by atoms with Gasteiger partial charge in [0.05, 0.1) is 16.8 Å². The second-order valence-corrected chi connectivity index (χ2v) is 5.23. The zero-order valence-corrected chi connectivity index (χ0v) is 13.1. The maximum Gasteiger partial charge on any atom is 0.338 e. The summed E-state index contributed by atoms with van der Waals surface area (Å²) in [6.45, 7) is 1.45. The molecule has 6 heteroatoms. The van der Waals surface area contributed by atoms with Crippen LogP contribution in [0.15, 0.2) is 42.5 Å². The molecule has 1 amide bonds. The molecular weight excluding hydrogens is 316 g/mol. The van der Waals surface area contributed by atoms with Gasteiger partial charge in [-0.15, -0.1) is 0 Å². The Morgan fingerprint density at radius 2 is 1.91 bits per heavy atom. The summed E-state index contributed by atoms with van der Waals surface area (Å²) >= 11 is 5.83. The molecular formula is C17H13ClN2O3. The highest BCUT2D eigenvalue weighted by molar-refractivity contribution is 6.31. The first-order valence-electron chi connectivity index (χ1n) is 6.73. The molecule has 0 saturated heterocycles. The molecule has 0 saturated carbocycles. The minimum atomic E-state index is -0.591. The molecule has 5 nitrogen and oxygen atoms in total. The van der Waals surface area contributed by atoms with Crippen molar-refractivity contribution in [2.24, 2.45) is 0 Å². The molecule has 0 aliphatic heterocycles. The Morgan fingerprint density at radius 3 is 2.57 bits per heavy atom. The number of nitrogens with one attached hydrogen (secondary N) is 1. The van der Waals surface area contributed by atoms with E-state index in [4.69, 9.17) is 21.6 Å². The second-order valence-electron chi connectivity index (χ2n) is 4.79. The number of halogens is 1. The van der Waals surface area contributed by atoms with Crippen LogP contribution in [-0.4, -0.2) is 18.5 Å². The van der Waals surface area contributed by atoms with Gasteiger partial charge in [-0.2, -0.15) is 5.26 Å². The first kappa shape index (κ1) is 16.5. The maximum absolute atomic E-state index is 11.8. The van der Waals surface area contributed by atoms with Crippen LogP contribution in [0, 0.1) is 18.3 Å². The standard InChI is InChI=1S/C17H13ClN2O3/c1-11-2-4-12(5-3-11)17(22)23-10-16(21)20-15-8-14(18)7-6-13(15)9-19/h2-8H,10H2,1H3,(H,20,21). The predicted octanol–water partition coefficient (Wildman–Crippen LogP) is 3.32. The van der Waals surface area contributed by atoms with Crippen molar-refractivity contribution in [2.45, 2.75) is 6.92 Å². The van der Waals surface area contributed by atoms with E-state index in [0.717, 1.165) is 5.56 Å². The van der Waals surface area contributed by atoms with E-state index in [1.807, 2.05) is 13.0 Å².